The van der Waals surface area contributed by atoms with Crippen molar-refractivity contribution < 1.29 is 23.7 Å². The molecular formula is C26H26O5. The quantitative estimate of drug-likeness (QED) is 0.318. The second-order valence-corrected chi connectivity index (χ2v) is 6.67. The molecule has 3 aromatic rings. The van der Waals surface area contributed by atoms with Crippen LogP contribution in [0.2, 0.25) is 0 Å². The van der Waals surface area contributed by atoms with Crippen molar-refractivity contribution in [1.82, 2.24) is 0 Å². The second kappa shape index (κ2) is 10.9. The van der Waals surface area contributed by atoms with Gasteiger partial charge in [-0.05, 0) is 67.1 Å². The predicted molar refractivity (Wildman–Crippen MR) is 121 cm³/mol. The summed E-state index contributed by atoms with van der Waals surface area (Å²) in [5, 5.41) is 0. The molecule has 0 aromatic heterocycles. The van der Waals surface area contributed by atoms with Gasteiger partial charge in [-0.15, -0.1) is 0 Å². The summed E-state index contributed by atoms with van der Waals surface area (Å²) < 4.78 is 22.2. The summed E-state index contributed by atoms with van der Waals surface area (Å²) in [6, 6.07) is 20.3. The van der Waals surface area contributed by atoms with Crippen LogP contribution >= 0.6 is 0 Å². The van der Waals surface area contributed by atoms with Gasteiger partial charge in [0.15, 0.2) is 17.3 Å². The molecule has 5 heteroatoms. The van der Waals surface area contributed by atoms with E-state index >= 15 is 0 Å². The molecule has 0 amide bonds. The van der Waals surface area contributed by atoms with E-state index in [2.05, 4.69) is 0 Å². The van der Waals surface area contributed by atoms with E-state index in [1.165, 1.54) is 0 Å². The van der Waals surface area contributed by atoms with E-state index in [1.807, 2.05) is 49.4 Å². The fourth-order valence-corrected chi connectivity index (χ4v) is 3.04. The molecule has 0 saturated carbocycles. The molecule has 0 aliphatic heterocycles. The molecular weight excluding hydrogens is 392 g/mol. The molecule has 160 valence electrons. The van der Waals surface area contributed by atoms with Crippen LogP contribution < -0.4 is 18.9 Å². The highest BCUT2D eigenvalue weighted by Gasteiger charge is 2.09. The summed E-state index contributed by atoms with van der Waals surface area (Å²) in [5.41, 5.74) is 2.34. The Morgan fingerprint density at radius 2 is 1.55 bits per heavy atom. The van der Waals surface area contributed by atoms with Gasteiger partial charge in [0, 0.05) is 11.1 Å². The largest absolute Gasteiger partial charge is 0.497 e. The summed E-state index contributed by atoms with van der Waals surface area (Å²) in [4.78, 5) is 12.4. The van der Waals surface area contributed by atoms with Gasteiger partial charge in [0.1, 0.15) is 18.1 Å². The Bertz CT molecular complexity index is 1040. The lowest BCUT2D eigenvalue weighted by Gasteiger charge is -2.14. The predicted octanol–water partition coefficient (Wildman–Crippen LogP) is 5.58. The third-order valence-electron chi connectivity index (χ3n) is 4.64. The van der Waals surface area contributed by atoms with Gasteiger partial charge >= 0.3 is 0 Å². The molecule has 31 heavy (non-hydrogen) atoms. The maximum Gasteiger partial charge on any atom is 0.185 e. The van der Waals surface area contributed by atoms with E-state index in [0.717, 1.165) is 11.1 Å². The molecule has 0 bridgehead atoms. The van der Waals surface area contributed by atoms with Crippen LogP contribution in [0.4, 0.5) is 0 Å². The van der Waals surface area contributed by atoms with Gasteiger partial charge < -0.3 is 18.9 Å². The number of para-hydroxylation sites is 2. The molecule has 0 radical (unpaired) electrons. The molecule has 5 nitrogen and oxygen atoms in total. The number of methoxy groups -OCH3 is 2. The Kier molecular flexibility index (Phi) is 7.71. The van der Waals surface area contributed by atoms with Gasteiger partial charge in [0.25, 0.3) is 0 Å². The first-order valence-corrected chi connectivity index (χ1v) is 10.0. The molecule has 0 saturated heterocycles. The van der Waals surface area contributed by atoms with Crippen molar-refractivity contribution in [2.45, 2.75) is 13.5 Å². The first-order valence-electron chi connectivity index (χ1n) is 10.0. The van der Waals surface area contributed by atoms with Crippen molar-refractivity contribution in [3.8, 4) is 23.0 Å². The van der Waals surface area contributed by atoms with Gasteiger partial charge in [-0.25, -0.2) is 0 Å². The molecule has 3 aromatic carbocycles. The molecule has 0 aliphatic carbocycles. The highest BCUT2D eigenvalue weighted by Crippen LogP contribution is 2.29. The first-order chi connectivity index (χ1) is 15.1. The monoisotopic (exact) mass is 418 g/mol. The topological polar surface area (TPSA) is 54.0 Å². The first kappa shape index (κ1) is 22.0. The van der Waals surface area contributed by atoms with E-state index in [0.29, 0.717) is 41.8 Å². The average Bonchev–Trinajstić information content (AvgIpc) is 2.82. The minimum absolute atomic E-state index is 0.0816. The van der Waals surface area contributed by atoms with Crippen LogP contribution in [0.15, 0.2) is 72.8 Å². The van der Waals surface area contributed by atoms with E-state index in [4.69, 9.17) is 18.9 Å². The SMILES string of the molecule is CCOc1ccccc1OCc1cc(/C=C/C(=O)c2ccc(OC)cc2)ccc1OC. The number of hydrogen-bond acceptors (Lipinski definition) is 5. The van der Waals surface area contributed by atoms with Crippen LogP contribution in [0, 0.1) is 0 Å². The van der Waals surface area contributed by atoms with Crippen molar-refractivity contribution in [2.24, 2.45) is 0 Å². The number of rotatable bonds is 10. The maximum absolute atomic E-state index is 12.4. The lowest BCUT2D eigenvalue weighted by Crippen LogP contribution is -2.01. The Balaban J connectivity index is 1.74. The van der Waals surface area contributed by atoms with Crippen LogP contribution in [-0.2, 0) is 6.61 Å². The summed E-state index contributed by atoms with van der Waals surface area (Å²) in [6.07, 6.45) is 3.34. The lowest BCUT2D eigenvalue weighted by atomic mass is 10.1. The van der Waals surface area contributed by atoms with Crippen LogP contribution in [0.1, 0.15) is 28.4 Å². The molecule has 0 heterocycles. The van der Waals surface area contributed by atoms with Gasteiger partial charge in [-0.2, -0.15) is 0 Å². The smallest absolute Gasteiger partial charge is 0.185 e. The van der Waals surface area contributed by atoms with Crippen LogP contribution in [0.25, 0.3) is 6.08 Å². The van der Waals surface area contributed by atoms with E-state index < -0.39 is 0 Å². The zero-order valence-electron chi connectivity index (χ0n) is 18.0. The molecule has 0 unspecified atom stereocenters. The summed E-state index contributed by atoms with van der Waals surface area (Å²) in [6.45, 7) is 2.80. The van der Waals surface area contributed by atoms with Crippen LogP contribution in [-0.4, -0.2) is 26.6 Å². The standard InChI is InChI=1S/C26H26O5/c1-4-30-25-7-5-6-8-26(25)31-18-21-17-19(10-16-24(21)29-3)9-15-23(27)20-11-13-22(28-2)14-12-20/h5-17H,4,18H2,1-3H3/b15-9+. The van der Waals surface area contributed by atoms with Gasteiger partial charge in [-0.1, -0.05) is 24.3 Å². The normalized spacial score (nSPS) is 10.7. The average molecular weight is 418 g/mol. The van der Waals surface area contributed by atoms with Crippen LogP contribution in [0.5, 0.6) is 23.0 Å². The van der Waals surface area contributed by atoms with E-state index in [-0.39, 0.29) is 5.78 Å². The Morgan fingerprint density at radius 1 is 0.839 bits per heavy atom. The van der Waals surface area contributed by atoms with Gasteiger partial charge in [0.2, 0.25) is 0 Å². The van der Waals surface area contributed by atoms with Crippen molar-refractivity contribution in [1.29, 1.82) is 0 Å². The van der Waals surface area contributed by atoms with E-state index in [9.17, 15) is 4.79 Å². The number of benzene rings is 3. The fourth-order valence-electron chi connectivity index (χ4n) is 3.04. The van der Waals surface area contributed by atoms with Gasteiger partial charge in [0.05, 0.1) is 20.8 Å². The number of ether oxygens (including phenoxy) is 4. The highest BCUT2D eigenvalue weighted by molar-refractivity contribution is 6.06. The number of carbonyl (C=O) groups is 1. The summed E-state index contributed by atoms with van der Waals surface area (Å²) in [7, 11) is 3.22. The minimum atomic E-state index is -0.0816. The Morgan fingerprint density at radius 3 is 2.19 bits per heavy atom. The third-order valence-corrected chi connectivity index (χ3v) is 4.64. The van der Waals surface area contributed by atoms with Crippen molar-refractivity contribution in [2.75, 3.05) is 20.8 Å². The zero-order valence-corrected chi connectivity index (χ0v) is 18.0. The zero-order chi connectivity index (χ0) is 22.1. The van der Waals surface area contributed by atoms with Crippen molar-refractivity contribution in [3.05, 3.63) is 89.5 Å². The lowest BCUT2D eigenvalue weighted by molar-refractivity contribution is 0.104. The van der Waals surface area contributed by atoms with E-state index in [1.54, 1.807) is 50.6 Å². The third kappa shape index (κ3) is 5.89. The molecule has 0 N–H and O–H groups in total. The molecule has 0 atom stereocenters. The minimum Gasteiger partial charge on any atom is -0.497 e. The molecule has 0 fully saturated rings. The second-order valence-electron chi connectivity index (χ2n) is 6.67. The number of allylic oxidation sites excluding steroid dienone is 1. The van der Waals surface area contributed by atoms with Crippen molar-refractivity contribution >= 4 is 11.9 Å². The number of ketones is 1. The summed E-state index contributed by atoms with van der Waals surface area (Å²) >= 11 is 0. The Labute approximate surface area is 182 Å². The molecule has 3 rings (SSSR count). The maximum atomic E-state index is 12.4. The molecule has 0 spiro atoms. The Hall–Kier alpha value is -3.73. The number of hydrogen-bond donors (Lipinski definition) is 0. The van der Waals surface area contributed by atoms with Crippen LogP contribution in [0.3, 0.4) is 0 Å². The van der Waals surface area contributed by atoms with Crippen molar-refractivity contribution in [3.63, 3.8) is 0 Å². The van der Waals surface area contributed by atoms with Gasteiger partial charge in [-0.3, -0.25) is 4.79 Å². The highest BCUT2D eigenvalue weighted by atomic mass is 16.5. The fraction of sp³-hybridized carbons (Fsp3) is 0.192. The molecule has 0 aliphatic rings. The number of carbonyl (C=O) groups excluding carboxylic acids is 1. The summed E-state index contributed by atoms with van der Waals surface area (Å²) in [5.74, 6) is 2.72.